The van der Waals surface area contributed by atoms with Gasteiger partial charge in [0.05, 0.1) is 10.2 Å². The van der Waals surface area contributed by atoms with E-state index < -0.39 is 0 Å². The Balaban J connectivity index is 1.26. The summed E-state index contributed by atoms with van der Waals surface area (Å²) in [5.74, 6) is 0. The number of aromatic nitrogens is 1. The monoisotopic (exact) mass is 570 g/mol. The van der Waals surface area contributed by atoms with Gasteiger partial charge in [-0.2, -0.15) is 0 Å². The highest BCUT2D eigenvalue weighted by Crippen LogP contribution is 2.47. The number of rotatable bonds is 3. The molecule has 0 amide bonds. The Labute approximate surface area is 249 Å². The van der Waals surface area contributed by atoms with Crippen LogP contribution in [0.15, 0.2) is 127 Å². The average molecular weight is 571 g/mol. The zero-order valence-electron chi connectivity index (χ0n) is 22.4. The van der Waals surface area contributed by atoms with E-state index in [2.05, 4.69) is 137 Å². The molecule has 42 heavy (non-hydrogen) atoms. The Morgan fingerprint density at radius 2 is 1.14 bits per heavy atom. The van der Waals surface area contributed by atoms with Crippen LogP contribution >= 0.6 is 22.7 Å². The number of benzene rings is 7. The quantitative estimate of drug-likeness (QED) is 0.209. The molecule has 0 aliphatic rings. The van der Waals surface area contributed by atoms with Crippen molar-refractivity contribution in [3.8, 4) is 0 Å². The molecular formula is C38H22N2S2. The van der Waals surface area contributed by atoms with Crippen molar-refractivity contribution in [1.82, 2.24) is 4.98 Å². The minimum Gasteiger partial charge on any atom is -0.353 e. The fraction of sp³-hybridized carbons (Fsp3) is 0. The zero-order valence-corrected chi connectivity index (χ0v) is 24.0. The third-order valence-electron chi connectivity index (χ3n) is 8.70. The van der Waals surface area contributed by atoms with Crippen molar-refractivity contribution in [3.63, 3.8) is 0 Å². The van der Waals surface area contributed by atoms with Gasteiger partial charge < -0.3 is 9.88 Å². The largest absolute Gasteiger partial charge is 0.353 e. The predicted octanol–water partition coefficient (Wildman–Crippen LogP) is 12.1. The molecule has 0 bridgehead atoms. The molecular weight excluding hydrogens is 549 g/mol. The second-order valence-electron chi connectivity index (χ2n) is 11.1. The summed E-state index contributed by atoms with van der Waals surface area (Å²) in [4.78, 5) is 6.29. The van der Waals surface area contributed by atoms with E-state index in [4.69, 9.17) is 0 Å². The Bertz CT molecular complexity index is 2640. The number of para-hydroxylation sites is 1. The summed E-state index contributed by atoms with van der Waals surface area (Å²) in [6.07, 6.45) is 0. The Morgan fingerprint density at radius 3 is 1.98 bits per heavy atom. The second-order valence-corrected chi connectivity index (χ2v) is 13.2. The van der Waals surface area contributed by atoms with Crippen molar-refractivity contribution in [3.05, 3.63) is 127 Å². The number of aromatic amines is 1. The van der Waals surface area contributed by atoms with Gasteiger partial charge in [0.1, 0.15) is 0 Å². The number of nitrogens with one attached hydrogen (secondary N) is 1. The summed E-state index contributed by atoms with van der Waals surface area (Å²) in [7, 11) is 0. The number of hydrogen-bond acceptors (Lipinski definition) is 3. The lowest BCUT2D eigenvalue weighted by atomic mass is 9.99. The normalized spacial score (nSPS) is 12.3. The van der Waals surface area contributed by atoms with E-state index in [0.29, 0.717) is 0 Å². The highest BCUT2D eigenvalue weighted by molar-refractivity contribution is 7.26. The number of anilines is 3. The second kappa shape index (κ2) is 8.32. The van der Waals surface area contributed by atoms with Gasteiger partial charge in [-0.1, -0.05) is 66.7 Å². The Hall–Kier alpha value is -4.90. The molecule has 0 aliphatic carbocycles. The minimum atomic E-state index is 1.14. The molecule has 0 saturated heterocycles. The average Bonchev–Trinajstić information content (AvgIpc) is 3.72. The van der Waals surface area contributed by atoms with Gasteiger partial charge in [-0.05, 0) is 71.4 Å². The first-order chi connectivity index (χ1) is 20.8. The summed E-state index contributed by atoms with van der Waals surface area (Å²) >= 11 is 3.75. The molecule has 7 aromatic carbocycles. The molecule has 0 atom stereocenters. The maximum Gasteiger partial charge on any atom is 0.0652 e. The molecule has 0 saturated carbocycles. The topological polar surface area (TPSA) is 19.0 Å². The van der Waals surface area contributed by atoms with Crippen molar-refractivity contribution in [2.45, 2.75) is 0 Å². The van der Waals surface area contributed by atoms with Crippen molar-refractivity contribution in [2.75, 3.05) is 4.90 Å². The van der Waals surface area contributed by atoms with Crippen LogP contribution in [-0.2, 0) is 0 Å². The van der Waals surface area contributed by atoms with Crippen LogP contribution in [0.1, 0.15) is 0 Å². The molecule has 0 aliphatic heterocycles. The molecule has 10 rings (SSSR count). The molecule has 0 fully saturated rings. The van der Waals surface area contributed by atoms with Crippen molar-refractivity contribution in [1.29, 1.82) is 0 Å². The SMILES string of the molecule is c1ccc(N(c2cc3ccc4cc5c6ccccc6sc5c5[nH]c(c2)c3c45)c2ccc3sc4ccccc4c3c2)cc1. The number of fused-ring (bicyclic) bond motifs is 7. The molecule has 196 valence electrons. The van der Waals surface area contributed by atoms with Crippen molar-refractivity contribution < 1.29 is 0 Å². The molecule has 3 aromatic heterocycles. The lowest BCUT2D eigenvalue weighted by Gasteiger charge is -2.26. The molecule has 0 radical (unpaired) electrons. The van der Waals surface area contributed by atoms with Gasteiger partial charge >= 0.3 is 0 Å². The number of nitrogens with zero attached hydrogens (tertiary/aromatic N) is 1. The fourth-order valence-electron chi connectivity index (χ4n) is 6.88. The standard InChI is InChI=1S/C38H22N2S2/c1-2-8-24(9-3-1)40(25-16-17-34-29(20-25)27-10-4-6-12-32(27)41-34)26-18-22-14-15-23-19-30-28-11-5-7-13-33(28)42-38(30)37-36(23)35(22)31(21-26)39-37/h1-21,39H. The zero-order chi connectivity index (χ0) is 27.4. The fourth-order valence-corrected chi connectivity index (χ4v) is 9.15. The summed E-state index contributed by atoms with van der Waals surface area (Å²) < 4.78 is 5.31. The smallest absolute Gasteiger partial charge is 0.0652 e. The summed E-state index contributed by atoms with van der Waals surface area (Å²) in [6.45, 7) is 0. The summed E-state index contributed by atoms with van der Waals surface area (Å²) in [6, 6.07) is 46.8. The molecule has 0 spiro atoms. The third kappa shape index (κ3) is 3.08. The van der Waals surface area contributed by atoms with Crippen LogP contribution in [0.4, 0.5) is 17.1 Å². The van der Waals surface area contributed by atoms with Crippen LogP contribution in [0.5, 0.6) is 0 Å². The van der Waals surface area contributed by atoms with E-state index >= 15 is 0 Å². The number of thiophene rings is 2. The van der Waals surface area contributed by atoms with Gasteiger partial charge in [0.15, 0.2) is 0 Å². The summed E-state index contributed by atoms with van der Waals surface area (Å²) in [5, 5.41) is 10.5. The molecule has 4 heteroatoms. The highest BCUT2D eigenvalue weighted by Gasteiger charge is 2.20. The van der Waals surface area contributed by atoms with E-state index in [1.807, 2.05) is 22.7 Å². The van der Waals surface area contributed by atoms with Crippen LogP contribution in [0, 0.1) is 0 Å². The maximum atomic E-state index is 3.90. The van der Waals surface area contributed by atoms with E-state index in [9.17, 15) is 0 Å². The van der Waals surface area contributed by atoms with Gasteiger partial charge in [-0.3, -0.25) is 0 Å². The number of H-pyrrole nitrogens is 1. The Morgan fingerprint density at radius 1 is 0.452 bits per heavy atom. The molecule has 0 unspecified atom stereocenters. The predicted molar refractivity (Wildman–Crippen MR) is 185 cm³/mol. The van der Waals surface area contributed by atoms with Gasteiger partial charge in [-0.15, -0.1) is 22.7 Å². The maximum absolute atomic E-state index is 3.90. The van der Waals surface area contributed by atoms with Crippen LogP contribution in [0.2, 0.25) is 0 Å². The van der Waals surface area contributed by atoms with Crippen molar-refractivity contribution >= 4 is 113 Å². The highest BCUT2D eigenvalue weighted by atomic mass is 32.1. The third-order valence-corrected chi connectivity index (χ3v) is 11.1. The van der Waals surface area contributed by atoms with Crippen LogP contribution in [-0.4, -0.2) is 4.98 Å². The van der Waals surface area contributed by atoms with Crippen LogP contribution in [0.3, 0.4) is 0 Å². The lowest BCUT2D eigenvalue weighted by molar-refractivity contribution is 1.30. The molecule has 10 aromatic rings. The first-order valence-corrected chi connectivity index (χ1v) is 15.8. The molecule has 2 nitrogen and oxygen atoms in total. The van der Waals surface area contributed by atoms with E-state index in [0.717, 1.165) is 17.1 Å². The van der Waals surface area contributed by atoms with Gasteiger partial charge in [0.25, 0.3) is 0 Å². The molecule has 1 N–H and O–H groups in total. The van der Waals surface area contributed by atoms with Gasteiger partial charge in [0.2, 0.25) is 0 Å². The van der Waals surface area contributed by atoms with Crippen molar-refractivity contribution in [2.24, 2.45) is 0 Å². The van der Waals surface area contributed by atoms with Gasteiger partial charge in [-0.25, -0.2) is 0 Å². The Kier molecular flexibility index (Phi) is 4.51. The van der Waals surface area contributed by atoms with Crippen LogP contribution < -0.4 is 4.90 Å². The lowest BCUT2D eigenvalue weighted by Crippen LogP contribution is -2.09. The van der Waals surface area contributed by atoms with Crippen LogP contribution in [0.25, 0.3) is 72.9 Å². The van der Waals surface area contributed by atoms with Gasteiger partial charge in [0, 0.05) is 69.0 Å². The summed E-state index contributed by atoms with van der Waals surface area (Å²) in [5.41, 5.74) is 5.88. The van der Waals surface area contributed by atoms with E-state index in [1.165, 1.54) is 72.9 Å². The van der Waals surface area contributed by atoms with E-state index in [1.54, 1.807) is 0 Å². The number of hydrogen-bond donors (Lipinski definition) is 1. The first-order valence-electron chi connectivity index (χ1n) is 14.2. The molecule has 3 heterocycles. The minimum absolute atomic E-state index is 1.14. The van der Waals surface area contributed by atoms with E-state index in [-0.39, 0.29) is 0 Å². The first kappa shape index (κ1) is 22.8.